The van der Waals surface area contributed by atoms with Crippen LogP contribution in [0.2, 0.25) is 5.02 Å². The van der Waals surface area contributed by atoms with Crippen molar-refractivity contribution in [3.63, 3.8) is 0 Å². The number of hydrogen-bond acceptors (Lipinski definition) is 2. The molecule has 1 rings (SSSR count). The van der Waals surface area contributed by atoms with Crippen molar-refractivity contribution in [1.29, 1.82) is 0 Å². The monoisotopic (exact) mass is 239 g/mol. The molecule has 3 N–H and O–H groups in total. The van der Waals surface area contributed by atoms with Gasteiger partial charge < -0.3 is 5.43 Å². The summed E-state index contributed by atoms with van der Waals surface area (Å²) in [6.07, 6.45) is 0. The molecule has 88 valence electrons. The fourth-order valence-electron chi connectivity index (χ4n) is 1.31. The third-order valence-electron chi connectivity index (χ3n) is 2.02. The summed E-state index contributed by atoms with van der Waals surface area (Å²) in [7, 11) is 0. The van der Waals surface area contributed by atoms with Gasteiger partial charge in [0.1, 0.15) is 5.84 Å². The van der Waals surface area contributed by atoms with E-state index in [1.807, 2.05) is 45.9 Å². The molecule has 1 aromatic rings. The van der Waals surface area contributed by atoms with Gasteiger partial charge in [0.05, 0.1) is 5.54 Å². The lowest BCUT2D eigenvalue weighted by molar-refractivity contribution is 0.580. The number of hydrazine groups is 1. The second-order valence-corrected chi connectivity index (χ2v) is 5.15. The minimum absolute atomic E-state index is 0.171. The Morgan fingerprint density at radius 3 is 2.44 bits per heavy atom. The van der Waals surface area contributed by atoms with Crippen molar-refractivity contribution in [3.8, 4) is 0 Å². The molecule has 0 aromatic heterocycles. The van der Waals surface area contributed by atoms with E-state index in [0.29, 0.717) is 5.84 Å². The summed E-state index contributed by atoms with van der Waals surface area (Å²) in [5.74, 6) is 6.16. The van der Waals surface area contributed by atoms with Gasteiger partial charge in [-0.3, -0.25) is 4.99 Å². The van der Waals surface area contributed by atoms with E-state index in [0.717, 1.165) is 16.1 Å². The van der Waals surface area contributed by atoms with Crippen LogP contribution in [0.1, 0.15) is 31.9 Å². The van der Waals surface area contributed by atoms with Gasteiger partial charge in [-0.1, -0.05) is 11.6 Å². The molecule has 0 amide bonds. The van der Waals surface area contributed by atoms with Gasteiger partial charge in [-0.25, -0.2) is 5.84 Å². The Morgan fingerprint density at radius 2 is 2.00 bits per heavy atom. The van der Waals surface area contributed by atoms with E-state index < -0.39 is 0 Å². The molecule has 1 aromatic carbocycles. The topological polar surface area (TPSA) is 50.4 Å². The molecule has 3 nitrogen and oxygen atoms in total. The van der Waals surface area contributed by atoms with Crippen LogP contribution in [0.15, 0.2) is 23.2 Å². The molecule has 0 saturated heterocycles. The molecule has 0 bridgehead atoms. The van der Waals surface area contributed by atoms with E-state index in [9.17, 15) is 0 Å². The van der Waals surface area contributed by atoms with Crippen LogP contribution in [0.5, 0.6) is 0 Å². The molecule has 4 heteroatoms. The largest absolute Gasteiger partial charge is 0.308 e. The second-order valence-electron chi connectivity index (χ2n) is 4.74. The van der Waals surface area contributed by atoms with Crippen LogP contribution in [0.4, 0.5) is 0 Å². The SMILES string of the molecule is Cc1cc(C(=NC(C)(C)C)NN)ccc1Cl. The van der Waals surface area contributed by atoms with Crippen molar-refractivity contribution >= 4 is 17.4 Å². The van der Waals surface area contributed by atoms with Gasteiger partial charge in [0.2, 0.25) is 0 Å². The van der Waals surface area contributed by atoms with E-state index in [2.05, 4.69) is 10.4 Å². The summed E-state index contributed by atoms with van der Waals surface area (Å²) in [5, 5.41) is 0.746. The Kier molecular flexibility index (Phi) is 3.94. The normalized spacial score (nSPS) is 12.8. The van der Waals surface area contributed by atoms with Crippen LogP contribution < -0.4 is 11.3 Å². The van der Waals surface area contributed by atoms with Crippen molar-refractivity contribution < 1.29 is 0 Å². The maximum atomic E-state index is 5.97. The van der Waals surface area contributed by atoms with E-state index in [-0.39, 0.29) is 5.54 Å². The van der Waals surface area contributed by atoms with Crippen LogP contribution in [-0.2, 0) is 0 Å². The lowest BCUT2D eigenvalue weighted by atomic mass is 10.1. The fourth-order valence-corrected chi connectivity index (χ4v) is 1.43. The first-order valence-corrected chi connectivity index (χ1v) is 5.54. The van der Waals surface area contributed by atoms with Crippen molar-refractivity contribution in [2.24, 2.45) is 10.8 Å². The number of nitrogens with one attached hydrogen (secondary N) is 1. The standard InChI is InChI=1S/C12H18ClN3/c1-8-7-9(5-6-10(8)13)11(16-14)15-12(2,3)4/h5-7H,14H2,1-4H3,(H,15,16). The second kappa shape index (κ2) is 4.85. The van der Waals surface area contributed by atoms with E-state index in [1.54, 1.807) is 0 Å². The number of nitrogens with zero attached hydrogens (tertiary/aromatic N) is 1. The van der Waals surface area contributed by atoms with Crippen molar-refractivity contribution in [2.45, 2.75) is 33.2 Å². The number of rotatable bonds is 1. The Bertz CT molecular complexity index is 405. The highest BCUT2D eigenvalue weighted by molar-refractivity contribution is 6.31. The van der Waals surface area contributed by atoms with Crippen molar-refractivity contribution in [3.05, 3.63) is 34.3 Å². The summed E-state index contributed by atoms with van der Waals surface area (Å²) in [6.45, 7) is 8.02. The van der Waals surface area contributed by atoms with Gasteiger partial charge >= 0.3 is 0 Å². The van der Waals surface area contributed by atoms with E-state index in [4.69, 9.17) is 17.4 Å². The Balaban J connectivity index is 3.15. The summed E-state index contributed by atoms with van der Waals surface area (Å²) in [4.78, 5) is 4.51. The molecule has 0 heterocycles. The van der Waals surface area contributed by atoms with E-state index >= 15 is 0 Å². The molecule has 0 spiro atoms. The lowest BCUT2D eigenvalue weighted by Gasteiger charge is -2.16. The quantitative estimate of drug-likeness (QED) is 0.343. The first-order chi connectivity index (χ1) is 7.33. The van der Waals surface area contributed by atoms with Gasteiger partial charge in [0, 0.05) is 10.6 Å². The molecule has 0 aliphatic carbocycles. The van der Waals surface area contributed by atoms with Crippen LogP contribution in [-0.4, -0.2) is 11.4 Å². The Hall–Kier alpha value is -1.06. The van der Waals surface area contributed by atoms with Gasteiger partial charge in [0.25, 0.3) is 0 Å². The van der Waals surface area contributed by atoms with Crippen LogP contribution in [0, 0.1) is 6.92 Å². The zero-order chi connectivity index (χ0) is 12.3. The smallest absolute Gasteiger partial charge is 0.143 e. The van der Waals surface area contributed by atoms with Gasteiger partial charge in [-0.05, 0) is 51.5 Å². The van der Waals surface area contributed by atoms with Crippen molar-refractivity contribution in [2.75, 3.05) is 0 Å². The van der Waals surface area contributed by atoms with Gasteiger partial charge in [0.15, 0.2) is 0 Å². The molecule has 0 unspecified atom stereocenters. The molecule has 0 atom stereocenters. The van der Waals surface area contributed by atoms with Crippen LogP contribution >= 0.6 is 11.6 Å². The number of aryl methyl sites for hydroxylation is 1. The number of halogens is 1. The predicted octanol–water partition coefficient (Wildman–Crippen LogP) is 2.66. The van der Waals surface area contributed by atoms with Crippen LogP contribution in [0.3, 0.4) is 0 Å². The zero-order valence-corrected chi connectivity index (χ0v) is 10.9. The average Bonchev–Trinajstić information content (AvgIpc) is 2.17. The molecule has 0 radical (unpaired) electrons. The number of aliphatic imine (C=N–C) groups is 1. The first kappa shape index (κ1) is 13.0. The lowest BCUT2D eigenvalue weighted by Crippen LogP contribution is -2.33. The Labute approximate surface area is 102 Å². The third kappa shape index (κ3) is 3.51. The van der Waals surface area contributed by atoms with Gasteiger partial charge in [-0.2, -0.15) is 0 Å². The number of benzene rings is 1. The minimum Gasteiger partial charge on any atom is -0.308 e. The summed E-state index contributed by atoms with van der Waals surface area (Å²) >= 11 is 5.97. The predicted molar refractivity (Wildman–Crippen MR) is 69.8 cm³/mol. The third-order valence-corrected chi connectivity index (χ3v) is 2.44. The molecule has 16 heavy (non-hydrogen) atoms. The average molecular weight is 240 g/mol. The summed E-state index contributed by atoms with van der Waals surface area (Å²) in [6, 6.07) is 5.72. The summed E-state index contributed by atoms with van der Waals surface area (Å²) < 4.78 is 0. The molecule has 0 aliphatic rings. The van der Waals surface area contributed by atoms with Crippen molar-refractivity contribution in [1.82, 2.24) is 5.43 Å². The molecular formula is C12H18ClN3. The van der Waals surface area contributed by atoms with Gasteiger partial charge in [-0.15, -0.1) is 0 Å². The van der Waals surface area contributed by atoms with Crippen LogP contribution in [0.25, 0.3) is 0 Å². The minimum atomic E-state index is -0.171. The molecule has 0 fully saturated rings. The van der Waals surface area contributed by atoms with E-state index in [1.165, 1.54) is 0 Å². The Morgan fingerprint density at radius 1 is 1.38 bits per heavy atom. The number of amidine groups is 1. The molecule has 0 aliphatic heterocycles. The highest BCUT2D eigenvalue weighted by atomic mass is 35.5. The molecule has 0 saturated carbocycles. The zero-order valence-electron chi connectivity index (χ0n) is 10.1. The summed E-state index contributed by atoms with van der Waals surface area (Å²) in [5.41, 5.74) is 4.41. The highest BCUT2D eigenvalue weighted by Gasteiger charge is 2.11. The number of nitrogens with two attached hydrogens (primary N) is 1. The first-order valence-electron chi connectivity index (χ1n) is 5.16. The fraction of sp³-hybridized carbons (Fsp3) is 0.417. The number of hydrogen-bond donors (Lipinski definition) is 2. The maximum absolute atomic E-state index is 5.97. The molecular weight excluding hydrogens is 222 g/mol. The highest BCUT2D eigenvalue weighted by Crippen LogP contribution is 2.17. The maximum Gasteiger partial charge on any atom is 0.143 e.